The number of aromatic nitrogens is 2. The van der Waals surface area contributed by atoms with Crippen molar-refractivity contribution in [1.29, 1.82) is 0 Å². The SMILES string of the molecule is CCc1cccc2c(CCNC(=NC)N(C)Cc3csc(C(C)OC)n3)c[nH]c12. The molecule has 0 aliphatic carbocycles. The molecular weight excluding hydrogens is 382 g/mol. The summed E-state index contributed by atoms with van der Waals surface area (Å²) in [5.74, 6) is 0.869. The number of hydrogen-bond donors (Lipinski definition) is 2. The molecule has 156 valence electrons. The fourth-order valence-electron chi connectivity index (χ4n) is 3.47. The topological polar surface area (TPSA) is 65.5 Å². The Bertz CT molecular complexity index is 961. The number of para-hydroxylation sites is 1. The smallest absolute Gasteiger partial charge is 0.193 e. The van der Waals surface area contributed by atoms with Crippen LogP contribution in [0.2, 0.25) is 0 Å². The van der Waals surface area contributed by atoms with E-state index in [9.17, 15) is 0 Å². The summed E-state index contributed by atoms with van der Waals surface area (Å²) >= 11 is 1.64. The number of guanidine groups is 1. The van der Waals surface area contributed by atoms with Crippen LogP contribution >= 0.6 is 11.3 Å². The second-order valence-corrected chi connectivity index (χ2v) is 8.03. The molecule has 0 spiro atoms. The Balaban J connectivity index is 1.57. The first-order valence-electron chi connectivity index (χ1n) is 10.0. The fraction of sp³-hybridized carbons (Fsp3) is 0.455. The summed E-state index contributed by atoms with van der Waals surface area (Å²) in [5, 5.41) is 7.88. The molecular formula is C22H31N5OS. The van der Waals surface area contributed by atoms with Gasteiger partial charge >= 0.3 is 0 Å². The molecule has 0 saturated carbocycles. The molecule has 1 unspecified atom stereocenters. The Hall–Kier alpha value is -2.38. The number of thiazole rings is 1. The molecule has 6 nitrogen and oxygen atoms in total. The number of fused-ring (bicyclic) bond motifs is 1. The molecule has 0 bridgehead atoms. The molecule has 2 N–H and O–H groups in total. The largest absolute Gasteiger partial charge is 0.375 e. The zero-order valence-electron chi connectivity index (χ0n) is 18.0. The van der Waals surface area contributed by atoms with E-state index in [1.807, 2.05) is 21.0 Å². The van der Waals surface area contributed by atoms with Gasteiger partial charge in [0.2, 0.25) is 0 Å². The molecule has 1 aromatic carbocycles. The van der Waals surface area contributed by atoms with Crippen LogP contribution in [0.3, 0.4) is 0 Å². The second kappa shape index (κ2) is 9.89. The molecule has 0 fully saturated rings. The van der Waals surface area contributed by atoms with Gasteiger partial charge in [-0.25, -0.2) is 4.98 Å². The third-order valence-corrected chi connectivity index (χ3v) is 6.24. The van der Waals surface area contributed by atoms with Crippen LogP contribution in [0.4, 0.5) is 0 Å². The molecule has 0 saturated heterocycles. The van der Waals surface area contributed by atoms with Gasteiger partial charge in [0.05, 0.1) is 12.2 Å². The van der Waals surface area contributed by atoms with Gasteiger partial charge in [-0.15, -0.1) is 11.3 Å². The van der Waals surface area contributed by atoms with E-state index in [-0.39, 0.29) is 6.10 Å². The van der Waals surface area contributed by atoms with E-state index in [4.69, 9.17) is 4.74 Å². The van der Waals surface area contributed by atoms with Crippen molar-refractivity contribution >= 4 is 28.2 Å². The third-order valence-electron chi connectivity index (χ3n) is 5.19. The van der Waals surface area contributed by atoms with Crippen molar-refractivity contribution in [3.63, 3.8) is 0 Å². The fourth-order valence-corrected chi connectivity index (χ4v) is 4.31. The molecule has 0 amide bonds. The highest BCUT2D eigenvalue weighted by atomic mass is 32.1. The Morgan fingerprint density at radius 1 is 1.38 bits per heavy atom. The zero-order chi connectivity index (χ0) is 20.8. The first-order valence-corrected chi connectivity index (χ1v) is 10.9. The van der Waals surface area contributed by atoms with Gasteiger partial charge in [-0.1, -0.05) is 25.1 Å². The zero-order valence-corrected chi connectivity index (χ0v) is 18.8. The Kier molecular flexibility index (Phi) is 7.28. The lowest BCUT2D eigenvalue weighted by molar-refractivity contribution is 0.119. The molecule has 0 aliphatic rings. The minimum atomic E-state index is 0.0286. The van der Waals surface area contributed by atoms with Gasteiger partial charge in [0.25, 0.3) is 0 Å². The highest BCUT2D eigenvalue weighted by Crippen LogP contribution is 2.23. The molecule has 29 heavy (non-hydrogen) atoms. The molecule has 3 aromatic rings. The standard InChI is InChI=1S/C22H31N5OS/c1-6-16-8-7-9-19-17(12-25-20(16)19)10-11-24-22(23-3)27(4)13-18-14-29-21(26-18)15(2)28-5/h7-9,12,14-15,25H,6,10-11,13H2,1-5H3,(H,23,24). The van der Waals surface area contributed by atoms with Crippen molar-refractivity contribution in [3.8, 4) is 0 Å². The van der Waals surface area contributed by atoms with Gasteiger partial charge in [0, 0.05) is 50.2 Å². The lowest BCUT2D eigenvalue weighted by atomic mass is 10.1. The van der Waals surface area contributed by atoms with Crippen molar-refractivity contribution in [2.75, 3.05) is 27.7 Å². The van der Waals surface area contributed by atoms with Gasteiger partial charge in [-0.3, -0.25) is 4.99 Å². The van der Waals surface area contributed by atoms with Gasteiger partial charge in [-0.2, -0.15) is 0 Å². The van der Waals surface area contributed by atoms with E-state index >= 15 is 0 Å². The molecule has 0 aliphatic heterocycles. The van der Waals surface area contributed by atoms with Crippen molar-refractivity contribution in [1.82, 2.24) is 20.2 Å². The van der Waals surface area contributed by atoms with E-state index in [1.165, 1.54) is 22.0 Å². The number of hydrogen-bond acceptors (Lipinski definition) is 4. The quantitative estimate of drug-likeness (QED) is 0.430. The van der Waals surface area contributed by atoms with Crippen LogP contribution < -0.4 is 5.32 Å². The number of ether oxygens (including phenoxy) is 1. The van der Waals surface area contributed by atoms with Crippen molar-refractivity contribution in [2.45, 2.75) is 39.3 Å². The minimum absolute atomic E-state index is 0.0286. The number of nitrogens with one attached hydrogen (secondary N) is 2. The number of H-pyrrole nitrogens is 1. The number of nitrogens with zero attached hydrogens (tertiary/aromatic N) is 3. The number of benzene rings is 1. The number of methoxy groups -OCH3 is 1. The Morgan fingerprint density at radius 2 is 2.21 bits per heavy atom. The monoisotopic (exact) mass is 413 g/mol. The number of aromatic amines is 1. The van der Waals surface area contributed by atoms with Crippen molar-refractivity contribution < 1.29 is 4.74 Å². The summed E-state index contributed by atoms with van der Waals surface area (Å²) in [4.78, 5) is 14.6. The Morgan fingerprint density at radius 3 is 2.93 bits per heavy atom. The van der Waals surface area contributed by atoms with Crippen LogP contribution in [0.1, 0.15) is 41.8 Å². The first-order chi connectivity index (χ1) is 14.1. The van der Waals surface area contributed by atoms with Crippen molar-refractivity contribution in [3.05, 3.63) is 51.6 Å². The lowest BCUT2D eigenvalue weighted by Crippen LogP contribution is -2.39. The van der Waals surface area contributed by atoms with Crippen LogP contribution in [0.15, 0.2) is 34.8 Å². The Labute approximate surface area is 177 Å². The van der Waals surface area contributed by atoms with E-state index in [2.05, 4.69) is 61.9 Å². The van der Waals surface area contributed by atoms with Crippen LogP contribution in [0, 0.1) is 0 Å². The lowest BCUT2D eigenvalue weighted by Gasteiger charge is -2.21. The average molecular weight is 414 g/mol. The van der Waals surface area contributed by atoms with E-state index in [0.717, 1.165) is 36.0 Å². The maximum Gasteiger partial charge on any atom is 0.193 e. The number of aliphatic imine (C=N–C) groups is 1. The van der Waals surface area contributed by atoms with Crippen LogP contribution in [0.25, 0.3) is 10.9 Å². The predicted octanol–water partition coefficient (Wildman–Crippen LogP) is 4.14. The van der Waals surface area contributed by atoms with Gasteiger partial charge < -0.3 is 19.9 Å². The van der Waals surface area contributed by atoms with Gasteiger partial charge in [0.15, 0.2) is 5.96 Å². The highest BCUT2D eigenvalue weighted by Gasteiger charge is 2.13. The number of aryl methyl sites for hydroxylation is 1. The first kappa shape index (κ1) is 21.3. The highest BCUT2D eigenvalue weighted by molar-refractivity contribution is 7.09. The maximum atomic E-state index is 5.35. The van der Waals surface area contributed by atoms with E-state index in [1.54, 1.807) is 18.4 Å². The van der Waals surface area contributed by atoms with Gasteiger partial charge in [0.1, 0.15) is 11.1 Å². The molecule has 1 atom stereocenters. The average Bonchev–Trinajstić information content (AvgIpc) is 3.37. The van der Waals surface area contributed by atoms with Gasteiger partial charge in [-0.05, 0) is 30.9 Å². The molecule has 3 rings (SSSR count). The predicted molar refractivity (Wildman–Crippen MR) is 122 cm³/mol. The summed E-state index contributed by atoms with van der Waals surface area (Å²) < 4.78 is 5.35. The summed E-state index contributed by atoms with van der Waals surface area (Å²) in [5.41, 5.74) is 4.99. The van der Waals surface area contributed by atoms with Crippen LogP contribution in [0.5, 0.6) is 0 Å². The third kappa shape index (κ3) is 4.97. The summed E-state index contributed by atoms with van der Waals surface area (Å²) in [6.45, 7) is 5.74. The van der Waals surface area contributed by atoms with Crippen molar-refractivity contribution in [2.24, 2.45) is 4.99 Å². The maximum absolute atomic E-state index is 5.35. The molecule has 0 radical (unpaired) electrons. The minimum Gasteiger partial charge on any atom is -0.375 e. The summed E-state index contributed by atoms with van der Waals surface area (Å²) in [7, 11) is 5.56. The number of rotatable bonds is 8. The van der Waals surface area contributed by atoms with E-state index < -0.39 is 0 Å². The normalized spacial score (nSPS) is 13.1. The molecule has 2 heterocycles. The summed E-state index contributed by atoms with van der Waals surface area (Å²) in [6.07, 6.45) is 4.13. The molecule has 2 aromatic heterocycles. The molecule has 7 heteroatoms. The second-order valence-electron chi connectivity index (χ2n) is 7.14. The van der Waals surface area contributed by atoms with Crippen LogP contribution in [-0.4, -0.2) is 48.6 Å². The van der Waals surface area contributed by atoms with E-state index in [0.29, 0.717) is 6.54 Å². The van der Waals surface area contributed by atoms with Crippen LogP contribution in [-0.2, 0) is 24.1 Å². The summed E-state index contributed by atoms with van der Waals surface area (Å²) in [6, 6.07) is 6.53.